The molecule has 1 heterocycles. The first-order chi connectivity index (χ1) is 8.24. The van der Waals surface area contributed by atoms with Gasteiger partial charge in [-0.05, 0) is 39.4 Å². The second-order valence-electron chi connectivity index (χ2n) is 5.16. The van der Waals surface area contributed by atoms with Crippen LogP contribution in [0.1, 0.15) is 51.9 Å². The molecule has 1 saturated heterocycles. The molecular formula is C14H27NO2. The first-order valence-electron chi connectivity index (χ1n) is 7.09. The molecule has 0 amide bonds. The Bertz CT molecular complexity index is 210. The summed E-state index contributed by atoms with van der Waals surface area (Å²) < 4.78 is 5.34. The average Bonchev–Trinajstić information content (AvgIpc) is 2.34. The summed E-state index contributed by atoms with van der Waals surface area (Å²) in [6, 6.07) is 0. The standard InChI is InChI=1S/C14H27NO2/c1-3-4-5-6-7-12-17-14(16)13-8-10-15(2)11-9-13/h13H,3-12H2,1-2H3. The number of unbranched alkanes of at least 4 members (excludes halogenated alkanes) is 4. The number of piperidine rings is 1. The molecule has 0 aliphatic carbocycles. The van der Waals surface area contributed by atoms with Crippen LogP contribution in [0.2, 0.25) is 0 Å². The van der Waals surface area contributed by atoms with Crippen LogP contribution in [0.15, 0.2) is 0 Å². The van der Waals surface area contributed by atoms with Crippen LogP contribution in [-0.2, 0) is 9.53 Å². The largest absolute Gasteiger partial charge is 0.465 e. The lowest BCUT2D eigenvalue weighted by molar-refractivity contribution is -0.150. The van der Waals surface area contributed by atoms with Crippen molar-refractivity contribution < 1.29 is 9.53 Å². The van der Waals surface area contributed by atoms with E-state index < -0.39 is 0 Å². The summed E-state index contributed by atoms with van der Waals surface area (Å²) in [6.07, 6.45) is 7.96. The molecule has 17 heavy (non-hydrogen) atoms. The van der Waals surface area contributed by atoms with E-state index >= 15 is 0 Å². The summed E-state index contributed by atoms with van der Waals surface area (Å²) >= 11 is 0. The molecular weight excluding hydrogens is 214 g/mol. The van der Waals surface area contributed by atoms with E-state index in [0.717, 1.165) is 32.4 Å². The minimum absolute atomic E-state index is 0.0357. The number of esters is 1. The van der Waals surface area contributed by atoms with Gasteiger partial charge in [0.2, 0.25) is 0 Å². The third kappa shape index (κ3) is 6.06. The molecule has 1 rings (SSSR count). The lowest BCUT2D eigenvalue weighted by Gasteiger charge is -2.27. The predicted molar refractivity (Wildman–Crippen MR) is 69.9 cm³/mol. The highest BCUT2D eigenvalue weighted by Crippen LogP contribution is 2.17. The highest BCUT2D eigenvalue weighted by molar-refractivity contribution is 5.72. The Morgan fingerprint density at radius 2 is 1.82 bits per heavy atom. The van der Waals surface area contributed by atoms with Crippen molar-refractivity contribution in [1.29, 1.82) is 0 Å². The number of likely N-dealkylation sites (tertiary alicyclic amines) is 1. The van der Waals surface area contributed by atoms with Gasteiger partial charge in [0.15, 0.2) is 0 Å². The molecule has 1 aliphatic rings. The van der Waals surface area contributed by atoms with E-state index in [1.807, 2.05) is 0 Å². The molecule has 0 aromatic heterocycles. The molecule has 0 unspecified atom stereocenters. The van der Waals surface area contributed by atoms with E-state index in [9.17, 15) is 4.79 Å². The van der Waals surface area contributed by atoms with Crippen LogP contribution < -0.4 is 0 Å². The van der Waals surface area contributed by atoms with Crippen LogP contribution in [0.5, 0.6) is 0 Å². The quantitative estimate of drug-likeness (QED) is 0.507. The maximum Gasteiger partial charge on any atom is 0.309 e. The maximum atomic E-state index is 11.8. The van der Waals surface area contributed by atoms with Crippen LogP contribution in [0.25, 0.3) is 0 Å². The van der Waals surface area contributed by atoms with Gasteiger partial charge in [-0.2, -0.15) is 0 Å². The molecule has 0 bridgehead atoms. The third-order valence-electron chi connectivity index (χ3n) is 3.54. The summed E-state index contributed by atoms with van der Waals surface area (Å²) in [4.78, 5) is 14.0. The molecule has 100 valence electrons. The fraction of sp³-hybridized carbons (Fsp3) is 0.929. The molecule has 0 aromatic rings. The Hall–Kier alpha value is -0.570. The molecule has 0 radical (unpaired) electrons. The summed E-state index contributed by atoms with van der Waals surface area (Å²) in [5, 5.41) is 0. The lowest BCUT2D eigenvalue weighted by atomic mass is 9.97. The van der Waals surface area contributed by atoms with Gasteiger partial charge >= 0.3 is 5.97 Å². The van der Waals surface area contributed by atoms with Gasteiger partial charge in [-0.1, -0.05) is 32.6 Å². The van der Waals surface area contributed by atoms with E-state index in [0.29, 0.717) is 6.61 Å². The number of carbonyl (C=O) groups is 1. The highest BCUT2D eigenvalue weighted by Gasteiger charge is 2.24. The fourth-order valence-corrected chi connectivity index (χ4v) is 2.24. The van der Waals surface area contributed by atoms with Crippen LogP contribution in [0, 0.1) is 5.92 Å². The Kier molecular flexibility index (Phi) is 7.25. The Morgan fingerprint density at radius 3 is 2.47 bits per heavy atom. The molecule has 0 atom stereocenters. The number of rotatable bonds is 7. The zero-order chi connectivity index (χ0) is 12.5. The van der Waals surface area contributed by atoms with Gasteiger partial charge in [-0.25, -0.2) is 0 Å². The summed E-state index contributed by atoms with van der Waals surface area (Å²) in [5.41, 5.74) is 0. The lowest BCUT2D eigenvalue weighted by Crippen LogP contribution is -2.34. The van der Waals surface area contributed by atoms with Gasteiger partial charge in [-0.15, -0.1) is 0 Å². The van der Waals surface area contributed by atoms with E-state index in [1.54, 1.807) is 0 Å². The van der Waals surface area contributed by atoms with Crippen molar-refractivity contribution in [1.82, 2.24) is 4.90 Å². The molecule has 1 fully saturated rings. The monoisotopic (exact) mass is 241 g/mol. The van der Waals surface area contributed by atoms with Crippen LogP contribution in [0.3, 0.4) is 0 Å². The van der Waals surface area contributed by atoms with Crippen molar-refractivity contribution in [2.24, 2.45) is 5.92 Å². The zero-order valence-electron chi connectivity index (χ0n) is 11.4. The van der Waals surface area contributed by atoms with Gasteiger partial charge in [-0.3, -0.25) is 4.79 Å². The number of ether oxygens (including phenoxy) is 1. The summed E-state index contributed by atoms with van der Waals surface area (Å²) in [6.45, 7) is 4.88. The number of nitrogens with zero attached hydrogens (tertiary/aromatic N) is 1. The predicted octanol–water partition coefficient (Wildman–Crippen LogP) is 2.84. The summed E-state index contributed by atoms with van der Waals surface area (Å²) in [7, 11) is 2.11. The second-order valence-corrected chi connectivity index (χ2v) is 5.16. The molecule has 0 saturated carbocycles. The molecule has 3 nitrogen and oxygen atoms in total. The SMILES string of the molecule is CCCCCCCOC(=O)C1CCN(C)CC1. The van der Waals surface area contributed by atoms with Crippen LogP contribution >= 0.6 is 0 Å². The van der Waals surface area contributed by atoms with Crippen LogP contribution in [0.4, 0.5) is 0 Å². The van der Waals surface area contributed by atoms with Gasteiger partial charge in [0.25, 0.3) is 0 Å². The zero-order valence-corrected chi connectivity index (χ0v) is 11.4. The fourth-order valence-electron chi connectivity index (χ4n) is 2.24. The van der Waals surface area contributed by atoms with Crippen molar-refractivity contribution >= 4 is 5.97 Å². The Labute approximate surface area is 106 Å². The smallest absolute Gasteiger partial charge is 0.309 e. The summed E-state index contributed by atoms with van der Waals surface area (Å²) in [5.74, 6) is 0.190. The van der Waals surface area contributed by atoms with Crippen molar-refractivity contribution in [3.63, 3.8) is 0 Å². The topological polar surface area (TPSA) is 29.5 Å². The number of carbonyl (C=O) groups excluding carboxylic acids is 1. The first-order valence-corrected chi connectivity index (χ1v) is 7.09. The Balaban J connectivity index is 2.01. The van der Waals surface area contributed by atoms with Crippen molar-refractivity contribution in [3.05, 3.63) is 0 Å². The van der Waals surface area contributed by atoms with Crippen LogP contribution in [-0.4, -0.2) is 37.6 Å². The number of hydrogen-bond donors (Lipinski definition) is 0. The molecule has 0 N–H and O–H groups in total. The van der Waals surface area contributed by atoms with E-state index in [1.165, 1.54) is 25.7 Å². The van der Waals surface area contributed by atoms with Crippen molar-refractivity contribution in [2.45, 2.75) is 51.9 Å². The molecule has 0 spiro atoms. The minimum Gasteiger partial charge on any atom is -0.465 e. The second kappa shape index (κ2) is 8.51. The van der Waals surface area contributed by atoms with Gasteiger partial charge in [0, 0.05) is 0 Å². The molecule has 3 heteroatoms. The van der Waals surface area contributed by atoms with E-state index in [-0.39, 0.29) is 11.9 Å². The Morgan fingerprint density at radius 1 is 1.18 bits per heavy atom. The van der Waals surface area contributed by atoms with E-state index in [4.69, 9.17) is 4.74 Å². The normalized spacial score (nSPS) is 18.2. The molecule has 1 aliphatic heterocycles. The highest BCUT2D eigenvalue weighted by atomic mass is 16.5. The van der Waals surface area contributed by atoms with E-state index in [2.05, 4.69) is 18.9 Å². The van der Waals surface area contributed by atoms with Crippen molar-refractivity contribution in [2.75, 3.05) is 26.7 Å². The average molecular weight is 241 g/mol. The van der Waals surface area contributed by atoms with Gasteiger partial charge in [0.05, 0.1) is 12.5 Å². The third-order valence-corrected chi connectivity index (χ3v) is 3.54. The first kappa shape index (κ1) is 14.5. The minimum atomic E-state index is 0.0357. The van der Waals surface area contributed by atoms with Gasteiger partial charge in [0.1, 0.15) is 0 Å². The van der Waals surface area contributed by atoms with Gasteiger partial charge < -0.3 is 9.64 Å². The van der Waals surface area contributed by atoms with Crippen molar-refractivity contribution in [3.8, 4) is 0 Å². The maximum absolute atomic E-state index is 11.8. The number of hydrogen-bond acceptors (Lipinski definition) is 3. The molecule has 0 aromatic carbocycles.